The van der Waals surface area contributed by atoms with E-state index in [1.165, 1.54) is 10.9 Å². The molecule has 5 aromatic rings. The summed E-state index contributed by atoms with van der Waals surface area (Å²) >= 11 is 0. The first-order chi connectivity index (χ1) is 15.2. The van der Waals surface area contributed by atoms with Crippen LogP contribution in [0.15, 0.2) is 94.4 Å². The van der Waals surface area contributed by atoms with E-state index in [1.807, 2.05) is 48.5 Å². The third-order valence-electron chi connectivity index (χ3n) is 4.78. The van der Waals surface area contributed by atoms with Gasteiger partial charge in [-0.2, -0.15) is 0 Å². The number of fused-ring (bicyclic) bond motifs is 3. The number of para-hydroxylation sites is 2. The quantitative estimate of drug-likeness (QED) is 0.458. The monoisotopic (exact) mass is 411 g/mol. The Morgan fingerprint density at radius 3 is 2.45 bits per heavy atom. The predicted molar refractivity (Wildman–Crippen MR) is 117 cm³/mol. The van der Waals surface area contributed by atoms with E-state index in [9.17, 15) is 9.59 Å². The molecule has 7 nitrogen and oxygen atoms in total. The lowest BCUT2D eigenvalue weighted by molar-refractivity contribution is -0.116. The number of nitrogens with one attached hydrogen (secondary N) is 1. The Labute approximate surface area is 176 Å². The van der Waals surface area contributed by atoms with Gasteiger partial charge in [0.1, 0.15) is 29.1 Å². The highest BCUT2D eigenvalue weighted by Gasteiger charge is 2.14. The minimum absolute atomic E-state index is 0.138. The zero-order valence-electron chi connectivity index (χ0n) is 16.3. The summed E-state index contributed by atoms with van der Waals surface area (Å²) in [7, 11) is 0. The van der Waals surface area contributed by atoms with E-state index in [-0.39, 0.29) is 18.0 Å². The van der Waals surface area contributed by atoms with Crippen LogP contribution in [-0.4, -0.2) is 15.5 Å². The second kappa shape index (κ2) is 7.79. The first kappa shape index (κ1) is 18.6. The second-order valence-electron chi connectivity index (χ2n) is 6.94. The summed E-state index contributed by atoms with van der Waals surface area (Å²) in [5.74, 6) is 1.03. The van der Waals surface area contributed by atoms with Crippen molar-refractivity contribution in [1.82, 2.24) is 9.55 Å². The van der Waals surface area contributed by atoms with Gasteiger partial charge in [-0.25, -0.2) is 4.98 Å². The van der Waals surface area contributed by atoms with Crippen molar-refractivity contribution >= 4 is 33.7 Å². The zero-order valence-corrected chi connectivity index (χ0v) is 16.3. The smallest absolute Gasteiger partial charge is 0.297 e. The number of ether oxygens (including phenoxy) is 1. The fourth-order valence-electron chi connectivity index (χ4n) is 3.31. The van der Waals surface area contributed by atoms with Crippen LogP contribution in [0.2, 0.25) is 0 Å². The van der Waals surface area contributed by atoms with E-state index < -0.39 is 5.56 Å². The van der Waals surface area contributed by atoms with E-state index in [1.54, 1.807) is 30.3 Å². The van der Waals surface area contributed by atoms with Crippen LogP contribution in [0, 0.1) is 0 Å². The highest BCUT2D eigenvalue weighted by Crippen LogP contribution is 2.24. The number of hydrogen-bond donors (Lipinski definition) is 1. The molecule has 0 saturated carbocycles. The Morgan fingerprint density at radius 1 is 0.935 bits per heavy atom. The van der Waals surface area contributed by atoms with E-state index in [0.717, 1.165) is 11.1 Å². The summed E-state index contributed by atoms with van der Waals surface area (Å²) in [6, 6.07) is 23.7. The van der Waals surface area contributed by atoms with E-state index in [2.05, 4.69) is 10.3 Å². The minimum atomic E-state index is -0.400. The minimum Gasteiger partial charge on any atom is -0.457 e. The average Bonchev–Trinajstić information content (AvgIpc) is 3.17. The van der Waals surface area contributed by atoms with E-state index in [4.69, 9.17) is 9.15 Å². The lowest BCUT2D eigenvalue weighted by Gasteiger charge is -2.09. The molecule has 5 rings (SSSR count). The number of amides is 1. The van der Waals surface area contributed by atoms with Gasteiger partial charge in [0, 0.05) is 11.1 Å². The van der Waals surface area contributed by atoms with Crippen molar-refractivity contribution in [3.63, 3.8) is 0 Å². The van der Waals surface area contributed by atoms with Gasteiger partial charge in [0.25, 0.3) is 5.56 Å². The van der Waals surface area contributed by atoms with Gasteiger partial charge in [0.2, 0.25) is 11.5 Å². The molecule has 0 saturated heterocycles. The lowest BCUT2D eigenvalue weighted by atomic mass is 10.2. The highest BCUT2D eigenvalue weighted by molar-refractivity contribution is 6.01. The molecule has 0 bridgehead atoms. The number of aromatic nitrogens is 2. The molecule has 0 aliphatic heterocycles. The van der Waals surface area contributed by atoms with Gasteiger partial charge in [-0.05, 0) is 48.5 Å². The molecule has 7 heteroatoms. The van der Waals surface area contributed by atoms with Crippen LogP contribution in [-0.2, 0) is 11.3 Å². The second-order valence-corrected chi connectivity index (χ2v) is 6.94. The Morgan fingerprint density at radius 2 is 1.65 bits per heavy atom. The first-order valence-corrected chi connectivity index (χ1v) is 9.67. The summed E-state index contributed by atoms with van der Waals surface area (Å²) in [4.78, 5) is 29.5. The number of benzene rings is 3. The van der Waals surface area contributed by atoms with Crippen molar-refractivity contribution in [3.8, 4) is 11.5 Å². The highest BCUT2D eigenvalue weighted by atomic mass is 16.5. The summed E-state index contributed by atoms with van der Waals surface area (Å²) in [5.41, 5.74) is 1.41. The molecule has 1 amide bonds. The lowest BCUT2D eigenvalue weighted by Crippen LogP contribution is -2.27. The van der Waals surface area contributed by atoms with Gasteiger partial charge < -0.3 is 14.5 Å². The van der Waals surface area contributed by atoms with Gasteiger partial charge in [-0.3, -0.25) is 14.2 Å². The average molecular weight is 411 g/mol. The van der Waals surface area contributed by atoms with Crippen LogP contribution < -0.4 is 15.6 Å². The maximum Gasteiger partial charge on any atom is 0.297 e. The maximum atomic E-state index is 12.7. The van der Waals surface area contributed by atoms with Crippen LogP contribution >= 0.6 is 0 Å². The number of anilines is 1. The maximum absolute atomic E-state index is 12.7. The number of nitrogens with zero attached hydrogens (tertiary/aromatic N) is 2. The Balaban J connectivity index is 1.30. The normalized spacial score (nSPS) is 11.0. The Hall–Kier alpha value is -4.39. The Bertz CT molecular complexity index is 1440. The summed E-state index contributed by atoms with van der Waals surface area (Å²) in [6.45, 7) is -0.179. The molecule has 31 heavy (non-hydrogen) atoms. The summed E-state index contributed by atoms with van der Waals surface area (Å²) in [5, 5.41) is 3.54. The molecular weight excluding hydrogens is 394 g/mol. The predicted octanol–water partition coefficient (Wildman–Crippen LogP) is 4.57. The number of carbonyl (C=O) groups is 1. The first-order valence-electron chi connectivity index (χ1n) is 9.67. The van der Waals surface area contributed by atoms with Crippen molar-refractivity contribution in [3.05, 3.63) is 95.5 Å². The topological polar surface area (TPSA) is 86.4 Å². The third-order valence-corrected chi connectivity index (χ3v) is 4.78. The van der Waals surface area contributed by atoms with Crippen molar-refractivity contribution in [2.75, 3.05) is 5.32 Å². The number of carbonyl (C=O) groups excluding carboxylic acids is 1. The van der Waals surface area contributed by atoms with Crippen LogP contribution in [0.4, 0.5) is 5.69 Å². The summed E-state index contributed by atoms with van der Waals surface area (Å²) in [6.07, 6.45) is 1.36. The molecule has 0 aliphatic rings. The number of rotatable bonds is 5. The van der Waals surface area contributed by atoms with Crippen LogP contribution in [0.3, 0.4) is 0 Å². The van der Waals surface area contributed by atoms with Crippen molar-refractivity contribution in [2.45, 2.75) is 6.54 Å². The zero-order chi connectivity index (χ0) is 21.2. The summed E-state index contributed by atoms with van der Waals surface area (Å²) < 4.78 is 12.6. The van der Waals surface area contributed by atoms with Gasteiger partial charge in [0.05, 0.1) is 6.33 Å². The van der Waals surface area contributed by atoms with Gasteiger partial charge in [0.15, 0.2) is 0 Å². The van der Waals surface area contributed by atoms with E-state index in [0.29, 0.717) is 22.5 Å². The molecule has 2 aromatic heterocycles. The molecule has 1 N–H and O–H groups in total. The van der Waals surface area contributed by atoms with Crippen molar-refractivity contribution in [2.24, 2.45) is 0 Å². The largest absolute Gasteiger partial charge is 0.457 e. The van der Waals surface area contributed by atoms with Gasteiger partial charge in [-0.15, -0.1) is 0 Å². The third kappa shape index (κ3) is 3.76. The van der Waals surface area contributed by atoms with Crippen molar-refractivity contribution in [1.29, 1.82) is 0 Å². The standard InChI is InChI=1S/C24H17N3O4/c28-21(26-16-10-12-18(13-11-16)30-17-6-2-1-3-7-17)14-27-15-25-22-19-8-4-5-9-20(19)31-23(22)24(27)29/h1-13,15H,14H2,(H,26,28). The number of furan rings is 1. The Kier molecular flexibility index (Phi) is 4.68. The van der Waals surface area contributed by atoms with Gasteiger partial charge in [-0.1, -0.05) is 30.3 Å². The van der Waals surface area contributed by atoms with Crippen LogP contribution in [0.5, 0.6) is 11.5 Å². The molecule has 0 spiro atoms. The molecule has 3 aromatic carbocycles. The fourth-order valence-corrected chi connectivity index (χ4v) is 3.31. The SMILES string of the molecule is O=C(Cn1cnc2c(oc3ccccc32)c1=O)Nc1ccc(Oc2ccccc2)cc1. The molecule has 0 fully saturated rings. The number of hydrogen-bond acceptors (Lipinski definition) is 5. The molecule has 0 atom stereocenters. The molecule has 0 radical (unpaired) electrons. The fraction of sp³-hybridized carbons (Fsp3) is 0.0417. The van der Waals surface area contributed by atoms with Crippen LogP contribution in [0.1, 0.15) is 0 Å². The van der Waals surface area contributed by atoms with E-state index >= 15 is 0 Å². The van der Waals surface area contributed by atoms with Crippen LogP contribution in [0.25, 0.3) is 22.1 Å². The van der Waals surface area contributed by atoms with Crippen molar-refractivity contribution < 1.29 is 13.9 Å². The molecule has 0 aliphatic carbocycles. The molecular formula is C24H17N3O4. The molecule has 2 heterocycles. The molecule has 0 unspecified atom stereocenters. The molecule has 152 valence electrons. The van der Waals surface area contributed by atoms with Gasteiger partial charge >= 0.3 is 0 Å².